The minimum atomic E-state index is -0.739. The van der Waals surface area contributed by atoms with E-state index in [-0.39, 0.29) is 25.0 Å². The van der Waals surface area contributed by atoms with Crippen LogP contribution in [0.3, 0.4) is 0 Å². The third-order valence-corrected chi connectivity index (χ3v) is 6.15. The summed E-state index contributed by atoms with van der Waals surface area (Å²) in [6.07, 6.45) is 0.358. The van der Waals surface area contributed by atoms with Crippen LogP contribution in [-0.2, 0) is 22.6 Å². The first-order chi connectivity index (χ1) is 16.3. The number of nitrogens with zero attached hydrogens (tertiary/aromatic N) is 1. The maximum absolute atomic E-state index is 13.5. The fourth-order valence-corrected chi connectivity index (χ4v) is 4.12. The van der Waals surface area contributed by atoms with Crippen LogP contribution in [0.4, 0.5) is 0 Å². The van der Waals surface area contributed by atoms with E-state index in [1.807, 2.05) is 62.4 Å². The molecule has 2 amide bonds. The van der Waals surface area contributed by atoms with E-state index in [4.69, 9.17) is 27.9 Å². The molecule has 34 heavy (non-hydrogen) atoms. The molecule has 0 fully saturated rings. The summed E-state index contributed by atoms with van der Waals surface area (Å²) in [5, 5.41) is 3.51. The molecular weight excluding hydrogens is 471 g/mol. The average molecular weight is 499 g/mol. The van der Waals surface area contributed by atoms with E-state index in [9.17, 15) is 9.59 Å². The summed E-state index contributed by atoms with van der Waals surface area (Å²) in [7, 11) is 1.56. The van der Waals surface area contributed by atoms with Gasteiger partial charge in [-0.15, -0.1) is 0 Å². The number of amides is 2. The number of halogens is 2. The lowest BCUT2D eigenvalue weighted by Crippen LogP contribution is -2.51. The van der Waals surface area contributed by atoms with Gasteiger partial charge in [-0.3, -0.25) is 9.59 Å². The number of rotatable bonds is 9. The van der Waals surface area contributed by atoms with Crippen molar-refractivity contribution in [1.82, 2.24) is 10.2 Å². The Morgan fingerprint density at radius 2 is 1.59 bits per heavy atom. The maximum Gasteiger partial charge on any atom is 0.261 e. The number of ether oxygens (including phenoxy) is 1. The molecule has 3 aromatic carbocycles. The van der Waals surface area contributed by atoms with Crippen molar-refractivity contribution in [3.63, 3.8) is 0 Å². The molecule has 0 bridgehead atoms. The number of hydrogen-bond acceptors (Lipinski definition) is 3. The lowest BCUT2D eigenvalue weighted by atomic mass is 10.0. The Kier molecular flexibility index (Phi) is 8.97. The van der Waals surface area contributed by atoms with Crippen molar-refractivity contribution in [2.24, 2.45) is 0 Å². The highest BCUT2D eigenvalue weighted by atomic mass is 35.5. The number of likely N-dealkylation sites (N-methyl/N-ethyl adjacent to an activating group) is 1. The standard InChI is InChI=1S/C27H28Cl2N2O3/c1-18-11-19(2)13-22(12-18)34-17-26(32)31(16-21-9-10-23(28)24(29)14-21)25(27(33)30-3)15-20-7-5-4-6-8-20/h4-14,25H,15-17H2,1-3H3,(H,30,33)/t25-/m1/s1. The van der Waals surface area contributed by atoms with Crippen LogP contribution >= 0.6 is 23.2 Å². The van der Waals surface area contributed by atoms with Crippen LogP contribution in [0.1, 0.15) is 22.3 Å². The molecule has 1 atom stereocenters. The van der Waals surface area contributed by atoms with Gasteiger partial charge in [-0.25, -0.2) is 0 Å². The fourth-order valence-electron chi connectivity index (χ4n) is 3.80. The number of benzene rings is 3. The third-order valence-electron chi connectivity index (χ3n) is 5.41. The summed E-state index contributed by atoms with van der Waals surface area (Å²) in [5.41, 5.74) is 3.79. The maximum atomic E-state index is 13.5. The van der Waals surface area contributed by atoms with Crippen molar-refractivity contribution in [3.05, 3.63) is 99.0 Å². The third kappa shape index (κ3) is 6.99. The Labute approximate surface area is 210 Å². The van der Waals surface area contributed by atoms with Gasteiger partial charge in [-0.2, -0.15) is 0 Å². The van der Waals surface area contributed by atoms with E-state index < -0.39 is 6.04 Å². The molecule has 0 aliphatic carbocycles. The average Bonchev–Trinajstić information content (AvgIpc) is 2.81. The second-order valence-electron chi connectivity index (χ2n) is 8.20. The summed E-state index contributed by atoms with van der Waals surface area (Å²) in [6.45, 7) is 3.92. The van der Waals surface area contributed by atoms with E-state index in [0.29, 0.717) is 22.2 Å². The molecule has 0 aliphatic heterocycles. The van der Waals surface area contributed by atoms with Crippen LogP contribution < -0.4 is 10.1 Å². The predicted octanol–water partition coefficient (Wildman–Crippen LogP) is 5.38. The molecule has 7 heteroatoms. The Morgan fingerprint density at radius 1 is 0.912 bits per heavy atom. The molecule has 1 N–H and O–H groups in total. The zero-order valence-electron chi connectivity index (χ0n) is 19.5. The highest BCUT2D eigenvalue weighted by Gasteiger charge is 2.30. The molecule has 3 aromatic rings. The summed E-state index contributed by atoms with van der Waals surface area (Å²) in [6, 6.07) is 19.8. The Bertz CT molecular complexity index is 1130. The van der Waals surface area contributed by atoms with Crippen molar-refractivity contribution in [3.8, 4) is 5.75 Å². The van der Waals surface area contributed by atoms with Gasteiger partial charge in [0.2, 0.25) is 5.91 Å². The van der Waals surface area contributed by atoms with Crippen LogP contribution in [0.25, 0.3) is 0 Å². The van der Waals surface area contributed by atoms with Crippen LogP contribution in [0, 0.1) is 13.8 Å². The predicted molar refractivity (Wildman–Crippen MR) is 136 cm³/mol. The largest absolute Gasteiger partial charge is 0.484 e. The molecule has 0 unspecified atom stereocenters. The number of carbonyl (C=O) groups excluding carboxylic acids is 2. The molecular formula is C27H28Cl2N2O3. The quantitative estimate of drug-likeness (QED) is 0.431. The lowest BCUT2D eigenvalue weighted by Gasteiger charge is -2.31. The highest BCUT2D eigenvalue weighted by molar-refractivity contribution is 6.42. The zero-order valence-corrected chi connectivity index (χ0v) is 21.0. The first kappa shape index (κ1) is 25.6. The second kappa shape index (κ2) is 11.9. The summed E-state index contributed by atoms with van der Waals surface area (Å²) in [4.78, 5) is 27.9. The first-order valence-electron chi connectivity index (χ1n) is 11.0. The van der Waals surface area contributed by atoms with Gasteiger partial charge in [-0.05, 0) is 60.4 Å². The van der Waals surface area contributed by atoms with E-state index in [2.05, 4.69) is 5.32 Å². The van der Waals surface area contributed by atoms with Crippen LogP contribution in [0.15, 0.2) is 66.7 Å². The van der Waals surface area contributed by atoms with E-state index in [0.717, 1.165) is 22.3 Å². The number of nitrogens with one attached hydrogen (secondary N) is 1. The highest BCUT2D eigenvalue weighted by Crippen LogP contribution is 2.24. The van der Waals surface area contributed by atoms with Gasteiger partial charge in [0.15, 0.2) is 6.61 Å². The Hall–Kier alpha value is -3.02. The minimum absolute atomic E-state index is 0.177. The molecule has 0 heterocycles. The molecule has 5 nitrogen and oxygen atoms in total. The molecule has 178 valence electrons. The molecule has 0 spiro atoms. The van der Waals surface area contributed by atoms with Crippen LogP contribution in [0.5, 0.6) is 5.75 Å². The van der Waals surface area contributed by atoms with Gasteiger partial charge < -0.3 is 15.0 Å². The Balaban J connectivity index is 1.90. The molecule has 0 aromatic heterocycles. The second-order valence-corrected chi connectivity index (χ2v) is 9.02. The SMILES string of the molecule is CNC(=O)[C@@H](Cc1ccccc1)N(Cc1ccc(Cl)c(Cl)c1)C(=O)COc1cc(C)cc(C)c1. The summed E-state index contributed by atoms with van der Waals surface area (Å²) < 4.78 is 5.83. The molecule has 0 saturated carbocycles. The van der Waals surface area contributed by atoms with E-state index in [1.54, 1.807) is 25.2 Å². The summed E-state index contributed by atoms with van der Waals surface area (Å²) in [5.74, 6) is 0.0401. The lowest BCUT2D eigenvalue weighted by molar-refractivity contribution is -0.142. The normalized spacial score (nSPS) is 11.6. The number of aryl methyl sites for hydroxylation is 2. The number of hydrogen-bond donors (Lipinski definition) is 1. The van der Waals surface area contributed by atoms with Crippen molar-refractivity contribution >= 4 is 35.0 Å². The van der Waals surface area contributed by atoms with Gasteiger partial charge in [0, 0.05) is 20.0 Å². The van der Waals surface area contributed by atoms with E-state index in [1.165, 1.54) is 4.90 Å². The molecule has 0 saturated heterocycles. The van der Waals surface area contributed by atoms with Crippen molar-refractivity contribution < 1.29 is 14.3 Å². The topological polar surface area (TPSA) is 58.6 Å². The van der Waals surface area contributed by atoms with Gasteiger partial charge in [0.05, 0.1) is 10.0 Å². The van der Waals surface area contributed by atoms with Crippen molar-refractivity contribution in [2.75, 3.05) is 13.7 Å². The van der Waals surface area contributed by atoms with Crippen LogP contribution in [0.2, 0.25) is 10.0 Å². The van der Waals surface area contributed by atoms with Crippen molar-refractivity contribution in [1.29, 1.82) is 0 Å². The number of carbonyl (C=O) groups is 2. The van der Waals surface area contributed by atoms with Crippen LogP contribution in [-0.4, -0.2) is 36.4 Å². The molecule has 3 rings (SSSR count). The molecule has 0 radical (unpaired) electrons. The van der Waals surface area contributed by atoms with Gasteiger partial charge >= 0.3 is 0 Å². The summed E-state index contributed by atoms with van der Waals surface area (Å²) >= 11 is 12.3. The minimum Gasteiger partial charge on any atom is -0.484 e. The fraction of sp³-hybridized carbons (Fsp3) is 0.259. The zero-order chi connectivity index (χ0) is 24.7. The van der Waals surface area contributed by atoms with Crippen molar-refractivity contribution in [2.45, 2.75) is 32.9 Å². The Morgan fingerprint density at radius 3 is 2.21 bits per heavy atom. The van der Waals surface area contributed by atoms with Gasteiger partial charge in [0.1, 0.15) is 11.8 Å². The van der Waals surface area contributed by atoms with E-state index >= 15 is 0 Å². The monoisotopic (exact) mass is 498 g/mol. The first-order valence-corrected chi connectivity index (χ1v) is 11.7. The molecule has 0 aliphatic rings. The van der Waals surface area contributed by atoms with Gasteiger partial charge in [0.25, 0.3) is 5.91 Å². The van der Waals surface area contributed by atoms with Gasteiger partial charge in [-0.1, -0.05) is 65.7 Å². The smallest absolute Gasteiger partial charge is 0.261 e.